The van der Waals surface area contributed by atoms with E-state index in [4.69, 9.17) is 9.84 Å². The summed E-state index contributed by atoms with van der Waals surface area (Å²) in [5.74, 6) is -0.930. The maximum atomic E-state index is 11.1. The van der Waals surface area contributed by atoms with Gasteiger partial charge in [-0.25, -0.2) is 9.59 Å². The SMILES string of the molecule is CCCNC(=O)O[C@@H](CC(C)C)C(=O)O. The summed E-state index contributed by atoms with van der Waals surface area (Å²) in [6.07, 6.45) is -0.599. The van der Waals surface area contributed by atoms with Gasteiger partial charge in [-0.05, 0) is 18.8 Å². The van der Waals surface area contributed by atoms with Crippen LogP contribution in [0.25, 0.3) is 0 Å². The summed E-state index contributed by atoms with van der Waals surface area (Å²) in [5, 5.41) is 11.3. The minimum Gasteiger partial charge on any atom is -0.479 e. The maximum Gasteiger partial charge on any atom is 0.407 e. The molecule has 88 valence electrons. The first-order valence-corrected chi connectivity index (χ1v) is 5.14. The second-order valence-corrected chi connectivity index (χ2v) is 3.79. The number of alkyl carbamates (subject to hydrolysis) is 1. The van der Waals surface area contributed by atoms with E-state index < -0.39 is 18.2 Å². The molecule has 1 amide bonds. The van der Waals surface area contributed by atoms with E-state index in [1.165, 1.54) is 0 Å². The van der Waals surface area contributed by atoms with E-state index in [0.29, 0.717) is 13.0 Å². The fraction of sp³-hybridized carbons (Fsp3) is 0.800. The van der Waals surface area contributed by atoms with E-state index in [1.807, 2.05) is 20.8 Å². The van der Waals surface area contributed by atoms with Gasteiger partial charge in [-0.3, -0.25) is 0 Å². The van der Waals surface area contributed by atoms with Crippen LogP contribution in [0.5, 0.6) is 0 Å². The lowest BCUT2D eigenvalue weighted by Crippen LogP contribution is -2.34. The standard InChI is InChI=1S/C10H19NO4/c1-4-5-11-10(14)15-8(9(12)13)6-7(2)3/h7-8H,4-6H2,1-3H3,(H,11,14)(H,12,13)/t8-/m0/s1. The second-order valence-electron chi connectivity index (χ2n) is 3.79. The minimum atomic E-state index is -1.10. The van der Waals surface area contributed by atoms with Gasteiger partial charge < -0.3 is 15.2 Å². The van der Waals surface area contributed by atoms with Crippen LogP contribution in [0, 0.1) is 5.92 Å². The van der Waals surface area contributed by atoms with Gasteiger partial charge in [0, 0.05) is 6.54 Å². The van der Waals surface area contributed by atoms with Crippen LogP contribution in [-0.2, 0) is 9.53 Å². The molecule has 15 heavy (non-hydrogen) atoms. The van der Waals surface area contributed by atoms with Crippen LogP contribution in [0.15, 0.2) is 0 Å². The van der Waals surface area contributed by atoms with Gasteiger partial charge in [0.1, 0.15) is 0 Å². The van der Waals surface area contributed by atoms with E-state index in [1.54, 1.807) is 0 Å². The summed E-state index contributed by atoms with van der Waals surface area (Å²) in [6.45, 7) is 6.16. The maximum absolute atomic E-state index is 11.1. The molecule has 0 aromatic heterocycles. The van der Waals surface area contributed by atoms with Gasteiger partial charge in [-0.2, -0.15) is 0 Å². The number of hydrogen-bond acceptors (Lipinski definition) is 3. The third-order valence-electron chi connectivity index (χ3n) is 1.73. The Bertz CT molecular complexity index is 215. The van der Waals surface area contributed by atoms with E-state index in [9.17, 15) is 9.59 Å². The quantitative estimate of drug-likeness (QED) is 0.709. The molecule has 0 heterocycles. The largest absolute Gasteiger partial charge is 0.479 e. The van der Waals surface area contributed by atoms with E-state index in [2.05, 4.69) is 5.32 Å². The van der Waals surface area contributed by atoms with Gasteiger partial charge in [0.15, 0.2) is 0 Å². The van der Waals surface area contributed by atoms with Crippen LogP contribution in [0.3, 0.4) is 0 Å². The average Bonchev–Trinajstić information content (AvgIpc) is 2.12. The molecule has 0 radical (unpaired) electrons. The van der Waals surface area contributed by atoms with Crippen molar-refractivity contribution in [2.75, 3.05) is 6.54 Å². The van der Waals surface area contributed by atoms with Crippen molar-refractivity contribution < 1.29 is 19.4 Å². The molecule has 0 aliphatic rings. The summed E-state index contributed by atoms with van der Waals surface area (Å²) in [4.78, 5) is 21.8. The van der Waals surface area contributed by atoms with Gasteiger partial charge >= 0.3 is 12.1 Å². The number of amides is 1. The van der Waals surface area contributed by atoms with E-state index in [0.717, 1.165) is 6.42 Å². The lowest BCUT2D eigenvalue weighted by Gasteiger charge is -2.15. The highest BCUT2D eigenvalue weighted by molar-refractivity contribution is 5.77. The van der Waals surface area contributed by atoms with Crippen molar-refractivity contribution in [3.63, 3.8) is 0 Å². The van der Waals surface area contributed by atoms with Gasteiger partial charge in [0.25, 0.3) is 0 Å². The van der Waals surface area contributed by atoms with Crippen molar-refractivity contribution >= 4 is 12.1 Å². The van der Waals surface area contributed by atoms with Gasteiger partial charge in [-0.15, -0.1) is 0 Å². The smallest absolute Gasteiger partial charge is 0.407 e. The number of aliphatic carboxylic acids is 1. The van der Waals surface area contributed by atoms with Crippen molar-refractivity contribution in [2.24, 2.45) is 5.92 Å². The summed E-state index contributed by atoms with van der Waals surface area (Å²) in [6, 6.07) is 0. The van der Waals surface area contributed by atoms with Crippen LogP contribution >= 0.6 is 0 Å². The summed E-state index contributed by atoms with van der Waals surface area (Å²) < 4.78 is 4.78. The molecule has 0 aromatic rings. The number of rotatable bonds is 6. The summed E-state index contributed by atoms with van der Waals surface area (Å²) >= 11 is 0. The fourth-order valence-corrected chi connectivity index (χ4v) is 1.03. The first-order chi connectivity index (χ1) is 6.97. The highest BCUT2D eigenvalue weighted by Crippen LogP contribution is 2.08. The molecule has 5 nitrogen and oxygen atoms in total. The Labute approximate surface area is 89.8 Å². The first kappa shape index (κ1) is 13.7. The number of carboxylic acid groups (broad SMARTS) is 1. The lowest BCUT2D eigenvalue weighted by atomic mass is 10.1. The van der Waals surface area contributed by atoms with Gasteiger partial charge in [0.05, 0.1) is 0 Å². The molecule has 0 rings (SSSR count). The molecule has 0 unspecified atom stereocenters. The third kappa shape index (κ3) is 6.76. The predicted octanol–water partition coefficient (Wildman–Crippen LogP) is 1.62. The monoisotopic (exact) mass is 217 g/mol. The highest BCUT2D eigenvalue weighted by Gasteiger charge is 2.22. The van der Waals surface area contributed by atoms with Crippen molar-refractivity contribution in [1.29, 1.82) is 0 Å². The van der Waals surface area contributed by atoms with Crippen LogP contribution in [0.4, 0.5) is 4.79 Å². The fourth-order valence-electron chi connectivity index (χ4n) is 1.03. The highest BCUT2D eigenvalue weighted by atomic mass is 16.6. The van der Waals surface area contributed by atoms with Crippen LogP contribution in [0.1, 0.15) is 33.6 Å². The predicted molar refractivity (Wildman–Crippen MR) is 55.7 cm³/mol. The normalized spacial score (nSPS) is 12.3. The zero-order valence-electron chi connectivity index (χ0n) is 9.45. The van der Waals surface area contributed by atoms with E-state index >= 15 is 0 Å². The van der Waals surface area contributed by atoms with Gasteiger partial charge in [-0.1, -0.05) is 20.8 Å². The molecule has 0 aliphatic heterocycles. The molecule has 0 bridgehead atoms. The molecule has 0 spiro atoms. The van der Waals surface area contributed by atoms with Crippen LogP contribution in [0.2, 0.25) is 0 Å². The Balaban J connectivity index is 4.05. The average molecular weight is 217 g/mol. The first-order valence-electron chi connectivity index (χ1n) is 5.14. The van der Waals surface area contributed by atoms with Crippen molar-refractivity contribution in [3.05, 3.63) is 0 Å². The number of nitrogens with one attached hydrogen (secondary N) is 1. The number of carbonyl (C=O) groups excluding carboxylic acids is 1. The second kappa shape index (κ2) is 7.09. The molecule has 0 fully saturated rings. The topological polar surface area (TPSA) is 75.6 Å². The molecule has 0 aliphatic carbocycles. The zero-order valence-corrected chi connectivity index (χ0v) is 9.45. The Morgan fingerprint density at radius 3 is 2.40 bits per heavy atom. The van der Waals surface area contributed by atoms with Crippen LogP contribution in [-0.4, -0.2) is 29.8 Å². The van der Waals surface area contributed by atoms with E-state index in [-0.39, 0.29) is 5.92 Å². The number of ether oxygens (including phenoxy) is 1. The number of carbonyl (C=O) groups is 2. The molecule has 2 N–H and O–H groups in total. The molecule has 0 aromatic carbocycles. The summed E-state index contributed by atoms with van der Waals surface area (Å²) in [7, 11) is 0. The number of carboxylic acids is 1. The number of hydrogen-bond donors (Lipinski definition) is 2. The molecular formula is C10H19NO4. The molecule has 1 atom stereocenters. The molecular weight excluding hydrogens is 198 g/mol. The Morgan fingerprint density at radius 1 is 1.40 bits per heavy atom. The minimum absolute atomic E-state index is 0.171. The Kier molecular flexibility index (Phi) is 6.49. The van der Waals surface area contributed by atoms with Crippen LogP contribution < -0.4 is 5.32 Å². The third-order valence-corrected chi connectivity index (χ3v) is 1.73. The van der Waals surface area contributed by atoms with Crippen molar-refractivity contribution in [1.82, 2.24) is 5.32 Å². The molecule has 0 saturated heterocycles. The lowest BCUT2D eigenvalue weighted by molar-refractivity contribution is -0.147. The van der Waals surface area contributed by atoms with Gasteiger partial charge in [0.2, 0.25) is 6.10 Å². The van der Waals surface area contributed by atoms with Crippen molar-refractivity contribution in [3.8, 4) is 0 Å². The Morgan fingerprint density at radius 2 is 2.00 bits per heavy atom. The molecule has 0 saturated carbocycles. The van der Waals surface area contributed by atoms with Crippen molar-refractivity contribution in [2.45, 2.75) is 39.7 Å². The summed E-state index contributed by atoms with van der Waals surface area (Å²) in [5.41, 5.74) is 0. The zero-order chi connectivity index (χ0) is 11.8. The molecule has 5 heteroatoms. The Hall–Kier alpha value is -1.26.